The molecule has 222 valence electrons. The Morgan fingerprint density at radius 3 is 2.40 bits per heavy atom. The van der Waals surface area contributed by atoms with E-state index in [-0.39, 0.29) is 23.8 Å². The lowest BCUT2D eigenvalue weighted by molar-refractivity contribution is -0.184. The molecule has 2 saturated heterocycles. The van der Waals surface area contributed by atoms with E-state index in [0.29, 0.717) is 31.6 Å². The first-order valence-electron chi connectivity index (χ1n) is 13.9. The number of aromatic nitrogens is 3. The van der Waals surface area contributed by atoms with Gasteiger partial charge < -0.3 is 14.6 Å². The largest absolute Gasteiger partial charge is 0.379 e. The number of aryl methyl sites for hydroxylation is 1. The first kappa shape index (κ1) is 28.6. The van der Waals surface area contributed by atoms with Crippen LogP contribution >= 0.6 is 22.9 Å². The Labute approximate surface area is 258 Å². The summed E-state index contributed by atoms with van der Waals surface area (Å²) in [5.41, 5.74) is 3.03. The molecule has 2 aliphatic heterocycles. The second-order valence-electron chi connectivity index (χ2n) is 11.0. The van der Waals surface area contributed by atoms with Gasteiger partial charge in [0.1, 0.15) is 5.01 Å². The van der Waals surface area contributed by atoms with Crippen LogP contribution in [0.5, 0.6) is 0 Å². The Kier molecular flexibility index (Phi) is 7.37. The van der Waals surface area contributed by atoms with Crippen LogP contribution in [0.15, 0.2) is 71.9 Å². The number of hydrogen-bond donors (Lipinski definition) is 1. The van der Waals surface area contributed by atoms with Crippen molar-refractivity contribution in [1.82, 2.24) is 18.8 Å². The van der Waals surface area contributed by atoms with Gasteiger partial charge in [-0.2, -0.15) is 0 Å². The van der Waals surface area contributed by atoms with Gasteiger partial charge in [0.15, 0.2) is 11.2 Å². The first-order valence-corrected chi connectivity index (χ1v) is 16.5. The van der Waals surface area contributed by atoms with Gasteiger partial charge in [-0.05, 0) is 36.2 Å². The molecule has 0 saturated carbocycles. The van der Waals surface area contributed by atoms with E-state index in [1.807, 2.05) is 37.3 Å². The summed E-state index contributed by atoms with van der Waals surface area (Å²) < 4.78 is 40.5. The molecule has 0 aliphatic carbocycles. The van der Waals surface area contributed by atoms with Gasteiger partial charge in [-0.15, -0.1) is 11.3 Å². The number of hydrogen-bond acceptors (Lipinski definition) is 9. The van der Waals surface area contributed by atoms with Gasteiger partial charge in [0, 0.05) is 43.0 Å². The molecule has 0 atom stereocenters. The molecule has 3 aromatic heterocycles. The standard InChI is InChI=1S/C31H29ClN4O5S2/c1-20-2-8-23(9-3-20)43(38,39)36-26(22-6-4-21(5-7-22)17-35-10-12-40-13-11-35)14-24-28(25(32)15-33-29(24)36)27-16-34-30(42-27)31(37)18-41-19-31/h2-9,14-16,37H,10-13,17-19H2,1H3. The lowest BCUT2D eigenvalue weighted by Crippen LogP contribution is -2.46. The first-order chi connectivity index (χ1) is 20.7. The molecule has 1 N–H and O–H groups in total. The Morgan fingerprint density at radius 1 is 1.00 bits per heavy atom. The summed E-state index contributed by atoms with van der Waals surface area (Å²) in [6.07, 6.45) is 3.12. The number of aliphatic hydroxyl groups is 1. The maximum absolute atomic E-state index is 14.3. The molecule has 0 radical (unpaired) electrons. The third kappa shape index (κ3) is 5.18. The highest BCUT2D eigenvalue weighted by molar-refractivity contribution is 7.90. The molecule has 5 aromatic rings. The normalized spacial score (nSPS) is 17.3. The molecule has 5 heterocycles. The average molecular weight is 637 g/mol. The van der Waals surface area contributed by atoms with Gasteiger partial charge >= 0.3 is 0 Å². The fourth-order valence-electron chi connectivity index (χ4n) is 5.43. The van der Waals surface area contributed by atoms with E-state index in [4.69, 9.17) is 21.1 Å². The van der Waals surface area contributed by atoms with Crippen LogP contribution < -0.4 is 0 Å². The third-order valence-electron chi connectivity index (χ3n) is 7.89. The highest BCUT2D eigenvalue weighted by Gasteiger charge is 2.41. The van der Waals surface area contributed by atoms with Crippen molar-refractivity contribution >= 4 is 44.0 Å². The molecule has 2 fully saturated rings. The molecule has 7 rings (SSSR count). The van der Waals surface area contributed by atoms with Crippen LogP contribution in [0.1, 0.15) is 16.1 Å². The molecular weight excluding hydrogens is 608 g/mol. The highest BCUT2D eigenvalue weighted by atomic mass is 35.5. The van der Waals surface area contributed by atoms with Gasteiger partial charge in [-0.3, -0.25) is 4.90 Å². The van der Waals surface area contributed by atoms with Crippen LogP contribution in [0, 0.1) is 6.92 Å². The topological polar surface area (TPSA) is 107 Å². The monoisotopic (exact) mass is 636 g/mol. The summed E-state index contributed by atoms with van der Waals surface area (Å²) in [7, 11) is -4.06. The summed E-state index contributed by atoms with van der Waals surface area (Å²) in [5, 5.41) is 12.2. The molecule has 12 heteroatoms. The van der Waals surface area contributed by atoms with E-state index in [0.717, 1.165) is 49.5 Å². The van der Waals surface area contributed by atoms with E-state index in [2.05, 4.69) is 14.9 Å². The van der Waals surface area contributed by atoms with Crippen molar-refractivity contribution in [2.24, 2.45) is 0 Å². The number of fused-ring (bicyclic) bond motifs is 1. The van der Waals surface area contributed by atoms with Gasteiger partial charge in [-0.1, -0.05) is 53.6 Å². The quantitative estimate of drug-likeness (QED) is 0.264. The van der Waals surface area contributed by atoms with Crippen molar-refractivity contribution in [2.45, 2.75) is 24.0 Å². The summed E-state index contributed by atoms with van der Waals surface area (Å²) in [4.78, 5) is 12.2. The van der Waals surface area contributed by atoms with Gasteiger partial charge in [0.2, 0.25) is 0 Å². The van der Waals surface area contributed by atoms with Crippen molar-refractivity contribution in [2.75, 3.05) is 39.5 Å². The van der Waals surface area contributed by atoms with Gasteiger partial charge in [0.25, 0.3) is 10.0 Å². The Hall–Kier alpha value is -3.16. The molecule has 43 heavy (non-hydrogen) atoms. The van der Waals surface area contributed by atoms with Crippen molar-refractivity contribution in [3.63, 3.8) is 0 Å². The number of halogens is 1. The van der Waals surface area contributed by atoms with Gasteiger partial charge in [0.05, 0.1) is 46.9 Å². The lowest BCUT2D eigenvalue weighted by Gasteiger charge is -2.34. The van der Waals surface area contributed by atoms with Crippen LogP contribution in [0.25, 0.3) is 32.7 Å². The summed E-state index contributed by atoms with van der Waals surface area (Å²) in [6, 6.07) is 16.6. The summed E-state index contributed by atoms with van der Waals surface area (Å²) in [6.45, 7) is 6.26. The van der Waals surface area contributed by atoms with Crippen molar-refractivity contribution in [3.8, 4) is 21.7 Å². The van der Waals surface area contributed by atoms with Crippen LogP contribution in [0.3, 0.4) is 0 Å². The maximum atomic E-state index is 14.3. The Balaban J connectivity index is 1.38. The molecule has 0 spiro atoms. The fraction of sp³-hybridized carbons (Fsp3) is 0.290. The van der Waals surface area contributed by atoms with Crippen molar-refractivity contribution in [1.29, 1.82) is 0 Å². The maximum Gasteiger partial charge on any atom is 0.269 e. The molecule has 0 bridgehead atoms. The molecule has 0 unspecified atom stereocenters. The number of morpholine rings is 1. The number of pyridine rings is 1. The predicted octanol–water partition coefficient (Wildman–Crippen LogP) is 5.08. The lowest BCUT2D eigenvalue weighted by atomic mass is 10.0. The number of benzene rings is 2. The molecule has 2 aromatic carbocycles. The van der Waals surface area contributed by atoms with E-state index in [1.165, 1.54) is 21.5 Å². The van der Waals surface area contributed by atoms with E-state index in [1.54, 1.807) is 30.5 Å². The third-order valence-corrected chi connectivity index (χ3v) is 11.1. The minimum Gasteiger partial charge on any atom is -0.379 e. The van der Waals surface area contributed by atoms with Gasteiger partial charge in [-0.25, -0.2) is 22.4 Å². The SMILES string of the molecule is Cc1ccc(S(=O)(=O)n2c(-c3ccc(CN4CCOCC4)cc3)cc3c(-c4cnc(C5(O)COC5)s4)c(Cl)cnc32)cc1. The highest BCUT2D eigenvalue weighted by Crippen LogP contribution is 2.43. The van der Waals surface area contributed by atoms with Crippen LogP contribution in [-0.4, -0.2) is 71.9 Å². The fourth-order valence-corrected chi connectivity index (χ4v) is 8.27. The zero-order valence-electron chi connectivity index (χ0n) is 23.4. The second-order valence-corrected chi connectivity index (χ2v) is 14.2. The smallest absolute Gasteiger partial charge is 0.269 e. The Morgan fingerprint density at radius 2 is 1.72 bits per heavy atom. The van der Waals surface area contributed by atoms with E-state index >= 15 is 0 Å². The number of thiazole rings is 1. The predicted molar refractivity (Wildman–Crippen MR) is 166 cm³/mol. The summed E-state index contributed by atoms with van der Waals surface area (Å²) >= 11 is 8.04. The number of rotatable bonds is 7. The zero-order valence-corrected chi connectivity index (χ0v) is 25.8. The molecular formula is C31H29ClN4O5S2. The minimum absolute atomic E-state index is 0.159. The number of ether oxygens (including phenoxy) is 2. The van der Waals surface area contributed by atoms with E-state index in [9.17, 15) is 13.5 Å². The average Bonchev–Trinajstić information content (AvgIpc) is 3.63. The minimum atomic E-state index is -4.06. The number of nitrogens with zero attached hydrogens (tertiary/aromatic N) is 4. The molecule has 0 amide bonds. The van der Waals surface area contributed by atoms with E-state index < -0.39 is 15.6 Å². The molecule has 9 nitrogen and oxygen atoms in total. The molecule has 2 aliphatic rings. The van der Waals surface area contributed by atoms with Crippen LogP contribution in [0.2, 0.25) is 5.02 Å². The Bertz CT molecular complexity index is 1910. The van der Waals surface area contributed by atoms with Crippen molar-refractivity contribution < 1.29 is 23.0 Å². The van der Waals surface area contributed by atoms with Crippen LogP contribution in [-0.2, 0) is 31.6 Å². The van der Waals surface area contributed by atoms with Crippen LogP contribution in [0.4, 0.5) is 0 Å². The zero-order chi connectivity index (χ0) is 29.8. The van der Waals surface area contributed by atoms with Crippen molar-refractivity contribution in [3.05, 3.63) is 88.1 Å². The summed E-state index contributed by atoms with van der Waals surface area (Å²) in [5.74, 6) is 0. The second kappa shape index (κ2) is 11.1.